The predicted molar refractivity (Wildman–Crippen MR) is 398 cm³/mol. The highest BCUT2D eigenvalue weighted by Gasteiger charge is 2.38. The van der Waals surface area contributed by atoms with E-state index in [-0.39, 0.29) is 98.2 Å². The molecule has 24 heteroatoms. The minimum Gasteiger partial charge on any atom is -0.423 e. The zero-order valence-electron chi connectivity index (χ0n) is 53.6. The summed E-state index contributed by atoms with van der Waals surface area (Å²) in [5.41, 5.74) is 6.44. The minimum atomic E-state index is -0.877. The van der Waals surface area contributed by atoms with Crippen molar-refractivity contribution in [2.24, 2.45) is 0 Å². The number of ether oxygens (including phenoxy) is 2. The number of nitriles is 2. The first-order valence-corrected chi connectivity index (χ1v) is 33.6. The van der Waals surface area contributed by atoms with Gasteiger partial charge in [0, 0.05) is 22.2 Å². The molecular weight excluding hydrogens is 1390 g/mol. The molecule has 2 N–H and O–H groups in total. The van der Waals surface area contributed by atoms with Crippen molar-refractivity contribution in [2.45, 2.75) is 0 Å². The van der Waals surface area contributed by atoms with Crippen LogP contribution >= 0.6 is 46.4 Å². The van der Waals surface area contributed by atoms with Gasteiger partial charge in [-0.05, 0) is 120 Å². The summed E-state index contributed by atoms with van der Waals surface area (Å²) in [7, 11) is 0. The second-order valence-corrected chi connectivity index (χ2v) is 25.9. The van der Waals surface area contributed by atoms with Crippen LogP contribution in [-0.2, 0) is 0 Å². The molecule has 0 aliphatic carbocycles. The Bertz CT molecular complexity index is 5820. The van der Waals surface area contributed by atoms with Crippen molar-refractivity contribution in [2.75, 3.05) is 0 Å². The van der Waals surface area contributed by atoms with Gasteiger partial charge in [-0.2, -0.15) is 10.5 Å². The molecular formula is C80H42B2Cl4N10O8. The van der Waals surface area contributed by atoms with Crippen LogP contribution in [0.4, 0.5) is 0 Å². The van der Waals surface area contributed by atoms with Gasteiger partial charge in [-0.15, -0.1) is 0 Å². The summed E-state index contributed by atoms with van der Waals surface area (Å²) in [6.45, 7) is -1.75. The zero-order chi connectivity index (χ0) is 71.6. The van der Waals surface area contributed by atoms with E-state index in [1.807, 2.05) is 130 Å². The second kappa shape index (κ2) is 26.8. The summed E-state index contributed by atoms with van der Waals surface area (Å²) in [6.07, 6.45) is 2.97. The van der Waals surface area contributed by atoms with Crippen molar-refractivity contribution < 1.29 is 38.2 Å². The predicted octanol–water partition coefficient (Wildman–Crippen LogP) is 11.2. The van der Waals surface area contributed by atoms with Gasteiger partial charge in [-0.1, -0.05) is 190 Å². The summed E-state index contributed by atoms with van der Waals surface area (Å²) in [6, 6.07) is 71.7. The maximum absolute atomic E-state index is 14.2. The van der Waals surface area contributed by atoms with Crippen LogP contribution < -0.4 is 52.7 Å². The average Bonchev–Trinajstić information content (AvgIpc) is 1.52. The molecule has 14 aromatic rings. The third-order valence-electron chi connectivity index (χ3n) is 18.1. The number of hydrogen-bond donors (Lipinski definition) is 2. The summed E-state index contributed by atoms with van der Waals surface area (Å²) in [5, 5.41) is 31.7. The van der Waals surface area contributed by atoms with Crippen LogP contribution in [-0.4, -0.2) is 78.2 Å². The molecule has 18 nitrogen and oxygen atoms in total. The largest absolute Gasteiger partial charge is 0.423 e. The van der Waals surface area contributed by atoms with Crippen LogP contribution in [0.1, 0.15) is 73.5 Å². The van der Waals surface area contributed by atoms with Gasteiger partial charge in [0.05, 0.1) is 98.6 Å². The van der Waals surface area contributed by atoms with E-state index in [0.29, 0.717) is 55.4 Å². The van der Waals surface area contributed by atoms with Crippen molar-refractivity contribution >= 4 is 162 Å². The molecule has 4 amide bonds. The number of carbonyl (C=O) groups is 6. The number of imide groups is 2. The SMILES string of the molecule is N#C/C(c1cnc2cc(Cl)c(Cl)cc2n1)=c1\c2c(-c3ccc(OC(=O)c4ccc5c(c4)C(=O)NC5=O)cc3)n(B(c3ccccc3)c3ccccc3)/c(=C(/C#N)c3cnc4cc(Cl)c(Cl)cc4n3)c2c(-c2ccc(OC(=O)c3ccc4c(c3)C(=O)NC4=O)cc2)n1B(c1ccccc1)c1ccccc1. The van der Waals surface area contributed by atoms with E-state index >= 15 is 0 Å². The summed E-state index contributed by atoms with van der Waals surface area (Å²) in [4.78, 5) is 99.3. The third kappa shape index (κ3) is 11.7. The van der Waals surface area contributed by atoms with E-state index in [1.165, 1.54) is 48.8 Å². The van der Waals surface area contributed by atoms with Gasteiger partial charge in [-0.3, -0.25) is 39.8 Å². The fraction of sp³-hybridized carbons (Fsp3) is 0. The third-order valence-corrected chi connectivity index (χ3v) is 19.6. The van der Waals surface area contributed by atoms with Gasteiger partial charge >= 0.3 is 25.6 Å². The van der Waals surface area contributed by atoms with Crippen LogP contribution in [0.5, 0.6) is 11.5 Å². The van der Waals surface area contributed by atoms with E-state index in [2.05, 4.69) is 22.8 Å². The molecule has 0 bridgehead atoms. The van der Waals surface area contributed by atoms with Crippen LogP contribution in [0, 0.1) is 22.7 Å². The van der Waals surface area contributed by atoms with E-state index in [4.69, 9.17) is 75.8 Å². The molecule has 0 saturated carbocycles. The number of aromatic nitrogens is 6. The van der Waals surface area contributed by atoms with Gasteiger partial charge < -0.3 is 18.4 Å². The molecule has 104 heavy (non-hydrogen) atoms. The summed E-state index contributed by atoms with van der Waals surface area (Å²) in [5.74, 6) is -4.00. The Morgan fingerprint density at radius 1 is 0.394 bits per heavy atom. The molecule has 0 spiro atoms. The Kier molecular flexibility index (Phi) is 16.9. The Morgan fingerprint density at radius 2 is 0.712 bits per heavy atom. The lowest BCUT2D eigenvalue weighted by atomic mass is 9.50. The van der Waals surface area contributed by atoms with Crippen LogP contribution in [0.3, 0.4) is 0 Å². The molecule has 0 atom stereocenters. The Balaban J connectivity index is 1.09. The molecule has 6 heterocycles. The lowest BCUT2D eigenvalue weighted by molar-refractivity contribution is 0.0725. The molecule has 4 aromatic heterocycles. The highest BCUT2D eigenvalue weighted by atomic mass is 35.5. The minimum absolute atomic E-state index is 0.000668. The number of carbonyl (C=O) groups excluding carboxylic acids is 6. The Morgan fingerprint density at radius 3 is 1.04 bits per heavy atom. The highest BCUT2D eigenvalue weighted by molar-refractivity contribution is 6.85. The number of rotatable bonds is 14. The lowest BCUT2D eigenvalue weighted by Gasteiger charge is -2.24. The van der Waals surface area contributed by atoms with Crippen molar-refractivity contribution in [3.05, 3.63) is 318 Å². The topological polar surface area (TPSA) is 254 Å². The van der Waals surface area contributed by atoms with E-state index in [9.17, 15) is 39.3 Å². The van der Waals surface area contributed by atoms with E-state index < -0.39 is 49.3 Å². The number of esters is 2. The number of nitrogens with one attached hydrogen (secondary N) is 2. The molecule has 0 radical (unpaired) electrons. The van der Waals surface area contributed by atoms with Crippen LogP contribution in [0.25, 0.3) is 66.5 Å². The Labute approximate surface area is 610 Å². The van der Waals surface area contributed by atoms with Crippen LogP contribution in [0.15, 0.2) is 243 Å². The smallest absolute Gasteiger partial charge is 0.343 e. The number of nitrogens with zero attached hydrogens (tertiary/aromatic N) is 8. The number of halogens is 4. The first-order chi connectivity index (χ1) is 50.6. The van der Waals surface area contributed by atoms with Gasteiger partial charge in [0.1, 0.15) is 46.2 Å². The van der Waals surface area contributed by atoms with Crippen molar-refractivity contribution in [1.29, 1.82) is 10.5 Å². The maximum Gasteiger partial charge on any atom is 0.343 e. The van der Waals surface area contributed by atoms with Crippen molar-refractivity contribution in [3.8, 4) is 46.2 Å². The Hall–Kier alpha value is -13.1. The standard InChI is InChI=1S/C80H42B2Cl4N10O8/c83-59-35-63-65(37-61(59)85)91-67(41-89-63)57(39-87)73-70-69(71(95(73)81(47-13-5-1-6-14-47)48-15-7-2-8-16-48)43-21-27-51(28-22-43)103-79(101)45-25-31-53-55(33-45)77(99)93-75(53)97)74(58(40-88)68-42-90-64-36-60(84)62(86)38-66(64)92-68)96(82(49-17-9-3-10-18-49)50-19-11-4-12-20-50)72(70)44-23-29-52(30-24-44)104-80(102)46-26-32-54-56(34-46)78(100)94-76(54)98/h1-38,41-42H,(H,93,97,99)(H,94,98,100)/b73-57-,74-58-. The van der Waals surface area contributed by atoms with Gasteiger partial charge in [0.25, 0.3) is 23.6 Å². The molecule has 0 unspecified atom stereocenters. The lowest BCUT2D eigenvalue weighted by Crippen LogP contribution is -2.54. The molecule has 0 fully saturated rings. The van der Waals surface area contributed by atoms with E-state index in [1.54, 1.807) is 72.8 Å². The molecule has 2 aliphatic heterocycles. The monoisotopic (exact) mass is 1430 g/mol. The first-order valence-electron chi connectivity index (χ1n) is 32.1. The fourth-order valence-electron chi connectivity index (χ4n) is 13.5. The molecule has 494 valence electrons. The van der Waals surface area contributed by atoms with E-state index in [0.717, 1.165) is 21.9 Å². The number of amides is 4. The van der Waals surface area contributed by atoms with Gasteiger partial charge in [0.15, 0.2) is 0 Å². The quantitative estimate of drug-likeness (QED) is 0.0444. The number of fused-ring (bicyclic) bond motifs is 5. The summed E-state index contributed by atoms with van der Waals surface area (Å²) >= 11 is 26.8. The highest BCUT2D eigenvalue weighted by Crippen LogP contribution is 2.39. The molecule has 10 aromatic carbocycles. The fourth-order valence-corrected chi connectivity index (χ4v) is 14.1. The van der Waals surface area contributed by atoms with Gasteiger partial charge in [0.2, 0.25) is 0 Å². The average molecular weight is 1430 g/mol. The summed E-state index contributed by atoms with van der Waals surface area (Å²) < 4.78 is 16.3. The van der Waals surface area contributed by atoms with Crippen molar-refractivity contribution in [3.63, 3.8) is 0 Å². The molecule has 2 aliphatic rings. The second-order valence-electron chi connectivity index (χ2n) is 24.2. The maximum atomic E-state index is 14.2. The number of hydrogen-bond acceptors (Lipinski definition) is 14. The van der Waals surface area contributed by atoms with Gasteiger partial charge in [-0.25, -0.2) is 19.6 Å². The molecule has 16 rings (SSSR count). The normalized spacial score (nSPS) is 12.8. The first kappa shape index (κ1) is 65.5. The number of benzene rings is 10. The van der Waals surface area contributed by atoms with Crippen LogP contribution in [0.2, 0.25) is 20.1 Å². The zero-order valence-corrected chi connectivity index (χ0v) is 56.6. The van der Waals surface area contributed by atoms with Crippen molar-refractivity contribution in [1.82, 2.24) is 39.5 Å². The molecule has 0 saturated heterocycles.